The van der Waals surface area contributed by atoms with Gasteiger partial charge in [0, 0.05) is 51.5 Å². The summed E-state index contributed by atoms with van der Waals surface area (Å²) in [5, 5.41) is 2.69. The summed E-state index contributed by atoms with van der Waals surface area (Å²) in [7, 11) is -2.70. The summed E-state index contributed by atoms with van der Waals surface area (Å²) >= 11 is 0. The minimum Gasteiger partial charge on any atom is -0.467 e. The second kappa shape index (κ2) is 12.3. The first-order valence-corrected chi connectivity index (χ1v) is 13.7. The maximum Gasteiger partial charge on any atom is 0.328 e. The molecule has 2 atom stereocenters. The molecule has 0 saturated carbocycles. The van der Waals surface area contributed by atoms with Crippen molar-refractivity contribution in [2.45, 2.75) is 23.4 Å². The third kappa shape index (κ3) is 6.29. The van der Waals surface area contributed by atoms with Gasteiger partial charge in [0.05, 0.1) is 25.2 Å². The van der Waals surface area contributed by atoms with Crippen LogP contribution in [0.25, 0.3) is 0 Å². The highest BCUT2D eigenvalue weighted by Gasteiger charge is 2.42. The van der Waals surface area contributed by atoms with E-state index in [1.54, 1.807) is 47.6 Å². The fourth-order valence-corrected chi connectivity index (χ4v) is 5.92. The number of pyridine rings is 1. The van der Waals surface area contributed by atoms with Gasteiger partial charge >= 0.3 is 12.0 Å². The molecule has 0 bridgehead atoms. The molecule has 13 heteroatoms. The number of ether oxygens (including phenoxy) is 2. The minimum atomic E-state index is -3.92. The molecule has 3 amide bonds. The average Bonchev–Trinajstić information content (AvgIpc) is 2.97. The van der Waals surface area contributed by atoms with E-state index in [1.807, 2.05) is 0 Å². The summed E-state index contributed by atoms with van der Waals surface area (Å²) in [6.07, 6.45) is 3.28. The fourth-order valence-electron chi connectivity index (χ4n) is 4.47. The van der Waals surface area contributed by atoms with Crippen LogP contribution < -0.4 is 5.32 Å². The van der Waals surface area contributed by atoms with Crippen LogP contribution in [0.1, 0.15) is 5.56 Å². The van der Waals surface area contributed by atoms with E-state index in [9.17, 15) is 22.8 Å². The summed E-state index contributed by atoms with van der Waals surface area (Å²) in [6, 6.07) is 8.78. The van der Waals surface area contributed by atoms with E-state index in [1.165, 1.54) is 28.4 Å². The van der Waals surface area contributed by atoms with Gasteiger partial charge in [0.2, 0.25) is 15.9 Å². The number of hydrogen-bond acceptors (Lipinski definition) is 8. The summed E-state index contributed by atoms with van der Waals surface area (Å²) < 4.78 is 38.1. The van der Waals surface area contributed by atoms with E-state index in [4.69, 9.17) is 9.47 Å². The van der Waals surface area contributed by atoms with Crippen LogP contribution in [0.2, 0.25) is 0 Å². The molecule has 12 nitrogen and oxygen atoms in total. The number of methoxy groups -OCH3 is 1. The number of nitrogens with one attached hydrogen (secondary N) is 1. The van der Waals surface area contributed by atoms with Gasteiger partial charge in [-0.3, -0.25) is 9.78 Å². The van der Waals surface area contributed by atoms with Crippen LogP contribution in [0.15, 0.2) is 59.8 Å². The van der Waals surface area contributed by atoms with Crippen molar-refractivity contribution < 1.29 is 32.3 Å². The lowest BCUT2D eigenvalue weighted by Crippen LogP contribution is -2.65. The van der Waals surface area contributed by atoms with Crippen molar-refractivity contribution in [3.63, 3.8) is 0 Å². The van der Waals surface area contributed by atoms with Gasteiger partial charge in [0.1, 0.15) is 12.1 Å². The van der Waals surface area contributed by atoms with Crippen LogP contribution >= 0.6 is 0 Å². The number of rotatable bonds is 7. The second-order valence-corrected chi connectivity index (χ2v) is 10.9. The van der Waals surface area contributed by atoms with Crippen LogP contribution in [0.4, 0.5) is 4.79 Å². The van der Waals surface area contributed by atoms with Crippen LogP contribution in [0, 0.1) is 0 Å². The number of piperazine rings is 1. The summed E-state index contributed by atoms with van der Waals surface area (Å²) in [6.45, 7) is 1.24. The highest BCUT2D eigenvalue weighted by Crippen LogP contribution is 2.22. The van der Waals surface area contributed by atoms with Crippen molar-refractivity contribution in [2.24, 2.45) is 0 Å². The highest BCUT2D eigenvalue weighted by molar-refractivity contribution is 7.89. The number of carbonyl (C=O) groups excluding carboxylic acids is 3. The lowest BCUT2D eigenvalue weighted by molar-refractivity contribution is -0.145. The Balaban J connectivity index is 1.59. The number of morpholine rings is 1. The largest absolute Gasteiger partial charge is 0.467 e. The first-order chi connectivity index (χ1) is 18.3. The first kappa shape index (κ1) is 27.5. The van der Waals surface area contributed by atoms with Crippen molar-refractivity contribution in [3.8, 4) is 0 Å². The summed E-state index contributed by atoms with van der Waals surface area (Å²) in [5.41, 5.74) is 0.696. The number of aromatic nitrogens is 1. The van der Waals surface area contributed by atoms with Gasteiger partial charge < -0.3 is 24.6 Å². The number of esters is 1. The Morgan fingerprint density at radius 1 is 1.08 bits per heavy atom. The Kier molecular flexibility index (Phi) is 8.92. The Morgan fingerprint density at radius 2 is 1.82 bits per heavy atom. The van der Waals surface area contributed by atoms with Gasteiger partial charge in [-0.05, 0) is 23.8 Å². The molecule has 1 N–H and O–H groups in total. The number of carbonyl (C=O) groups is 3. The molecule has 1 aromatic carbocycles. The molecule has 0 aliphatic carbocycles. The zero-order chi connectivity index (χ0) is 27.1. The topological polar surface area (TPSA) is 138 Å². The smallest absolute Gasteiger partial charge is 0.328 e. The predicted molar refractivity (Wildman–Crippen MR) is 135 cm³/mol. The van der Waals surface area contributed by atoms with E-state index in [0.717, 1.165) is 0 Å². The molecule has 2 unspecified atom stereocenters. The lowest BCUT2D eigenvalue weighted by Gasteiger charge is -2.42. The molecule has 2 aromatic rings. The van der Waals surface area contributed by atoms with Gasteiger partial charge in [0.15, 0.2) is 0 Å². The molecular formula is C25H31N5O7S. The van der Waals surface area contributed by atoms with E-state index in [-0.39, 0.29) is 37.0 Å². The van der Waals surface area contributed by atoms with Crippen LogP contribution in [-0.2, 0) is 35.5 Å². The molecule has 4 rings (SSSR count). The Bertz CT molecular complexity index is 1220. The standard InChI is InChI=1S/C25H31N5O7S/c1-36-24(32)21(16-19-6-5-9-26-17-19)27-23(31)22-18-29(38(34,35)20-7-3-2-4-8-20)10-11-30(22)25(33)28-12-14-37-15-13-28/h2-9,17,21-22H,10-16,18H2,1H3,(H,27,31). The predicted octanol–water partition coefficient (Wildman–Crippen LogP) is 0.109. The highest BCUT2D eigenvalue weighted by atomic mass is 32.2. The Morgan fingerprint density at radius 3 is 2.47 bits per heavy atom. The molecule has 3 heterocycles. The molecule has 2 fully saturated rings. The summed E-state index contributed by atoms with van der Waals surface area (Å²) in [5.74, 6) is -1.32. The van der Waals surface area contributed by atoms with E-state index >= 15 is 0 Å². The van der Waals surface area contributed by atoms with Gasteiger partial charge in [-0.1, -0.05) is 24.3 Å². The molecular weight excluding hydrogens is 514 g/mol. The number of urea groups is 1. The van der Waals surface area contributed by atoms with Gasteiger partial charge in [-0.15, -0.1) is 0 Å². The number of hydrogen-bond donors (Lipinski definition) is 1. The van der Waals surface area contributed by atoms with Crippen LogP contribution in [-0.4, -0.2) is 111 Å². The average molecular weight is 546 g/mol. The third-order valence-corrected chi connectivity index (χ3v) is 8.40. The Hall–Kier alpha value is -3.55. The molecule has 0 spiro atoms. The molecule has 2 aliphatic heterocycles. The first-order valence-electron chi connectivity index (χ1n) is 12.3. The molecule has 1 aromatic heterocycles. The van der Waals surface area contributed by atoms with Gasteiger partial charge in [0.25, 0.3) is 0 Å². The van der Waals surface area contributed by atoms with Gasteiger partial charge in [-0.2, -0.15) is 4.31 Å². The number of amides is 3. The molecule has 38 heavy (non-hydrogen) atoms. The second-order valence-electron chi connectivity index (χ2n) is 8.92. The zero-order valence-electron chi connectivity index (χ0n) is 21.1. The van der Waals surface area contributed by atoms with E-state index < -0.39 is 34.0 Å². The quantitative estimate of drug-likeness (QED) is 0.484. The van der Waals surface area contributed by atoms with Gasteiger partial charge in [-0.25, -0.2) is 18.0 Å². The monoisotopic (exact) mass is 545 g/mol. The van der Waals surface area contributed by atoms with Crippen molar-refractivity contribution in [3.05, 3.63) is 60.4 Å². The fraction of sp³-hybridized carbons (Fsp3) is 0.440. The molecule has 204 valence electrons. The van der Waals surface area contributed by atoms with Crippen molar-refractivity contribution in [1.29, 1.82) is 0 Å². The van der Waals surface area contributed by atoms with Crippen molar-refractivity contribution >= 4 is 27.9 Å². The van der Waals surface area contributed by atoms with Crippen LogP contribution in [0.3, 0.4) is 0 Å². The molecule has 2 saturated heterocycles. The normalized spacial score (nSPS) is 19.4. The minimum absolute atomic E-state index is 0.00579. The SMILES string of the molecule is COC(=O)C(Cc1cccnc1)NC(=O)C1CN(S(=O)(=O)c2ccccc2)CCN1C(=O)N1CCOCC1. The lowest BCUT2D eigenvalue weighted by atomic mass is 10.1. The number of nitrogens with zero attached hydrogens (tertiary/aromatic N) is 4. The summed E-state index contributed by atoms with van der Waals surface area (Å²) in [4.78, 5) is 46.7. The van der Waals surface area contributed by atoms with Crippen LogP contribution in [0.5, 0.6) is 0 Å². The van der Waals surface area contributed by atoms with Crippen molar-refractivity contribution in [2.75, 3.05) is 53.0 Å². The Labute approximate surface area is 221 Å². The number of benzene rings is 1. The molecule has 0 radical (unpaired) electrons. The molecule has 2 aliphatic rings. The van der Waals surface area contributed by atoms with E-state index in [2.05, 4.69) is 10.3 Å². The van der Waals surface area contributed by atoms with Crippen molar-refractivity contribution in [1.82, 2.24) is 24.4 Å². The number of sulfonamides is 1. The maximum absolute atomic E-state index is 13.6. The van der Waals surface area contributed by atoms with E-state index in [0.29, 0.717) is 31.9 Å². The maximum atomic E-state index is 13.6. The zero-order valence-corrected chi connectivity index (χ0v) is 21.9. The third-order valence-electron chi connectivity index (χ3n) is 6.52.